The predicted molar refractivity (Wildman–Crippen MR) is 80.4 cm³/mol. The number of para-hydroxylation sites is 2. The summed E-state index contributed by atoms with van der Waals surface area (Å²) in [6.45, 7) is 3.16. The van der Waals surface area contributed by atoms with E-state index in [0.29, 0.717) is 5.92 Å². The van der Waals surface area contributed by atoms with Crippen molar-refractivity contribution in [1.29, 1.82) is 0 Å². The van der Waals surface area contributed by atoms with Gasteiger partial charge in [-0.1, -0.05) is 48.6 Å². The molecule has 20 heavy (non-hydrogen) atoms. The molecule has 0 fully saturated rings. The van der Waals surface area contributed by atoms with Gasteiger partial charge in [0.25, 0.3) is 0 Å². The summed E-state index contributed by atoms with van der Waals surface area (Å²) in [5.74, 6) is 2.41. The third kappa shape index (κ3) is 1.93. The van der Waals surface area contributed by atoms with Crippen molar-refractivity contribution < 1.29 is 4.74 Å². The minimum absolute atomic E-state index is 0.399. The van der Waals surface area contributed by atoms with Crippen LogP contribution in [-0.2, 0) is 0 Å². The Bertz CT molecular complexity index is 608. The Morgan fingerprint density at radius 3 is 2.00 bits per heavy atom. The zero-order chi connectivity index (χ0) is 13.4. The van der Waals surface area contributed by atoms with Crippen LogP contribution in [0.5, 0.6) is 11.5 Å². The maximum absolute atomic E-state index is 6.04. The number of hydrogen-bond donors (Lipinski definition) is 0. The number of ether oxygens (including phenoxy) is 1. The summed E-state index contributed by atoms with van der Waals surface area (Å²) in [5.41, 5.74) is 2.61. The molecule has 2 heterocycles. The van der Waals surface area contributed by atoms with Crippen LogP contribution in [0.3, 0.4) is 0 Å². The van der Waals surface area contributed by atoms with Gasteiger partial charge >= 0.3 is 0 Å². The van der Waals surface area contributed by atoms with Gasteiger partial charge in [-0.3, -0.25) is 4.90 Å². The van der Waals surface area contributed by atoms with Crippen molar-refractivity contribution in [2.45, 2.75) is 5.92 Å². The molecule has 0 aromatic heterocycles. The molecule has 4 rings (SSSR count). The lowest BCUT2D eigenvalue weighted by Gasteiger charge is -2.31. The molecule has 0 atom stereocenters. The summed E-state index contributed by atoms with van der Waals surface area (Å²) in [5, 5.41) is 0. The van der Waals surface area contributed by atoms with Crippen LogP contribution in [0.4, 0.5) is 0 Å². The second-order valence-electron chi connectivity index (χ2n) is 5.42. The minimum atomic E-state index is 0.399. The quantitative estimate of drug-likeness (QED) is 0.764. The van der Waals surface area contributed by atoms with E-state index in [1.807, 2.05) is 12.1 Å². The van der Waals surface area contributed by atoms with Crippen molar-refractivity contribution in [2.24, 2.45) is 0 Å². The molecule has 2 nitrogen and oxygen atoms in total. The van der Waals surface area contributed by atoms with Crippen LogP contribution < -0.4 is 4.74 Å². The standard InChI is InChI=1S/C18H17NO/c1-3-9-17-14(7-1)16(13-19-11-5-6-12-19)15-8-2-4-10-18(15)20-17/h1-10,16H,11-13H2. The second kappa shape index (κ2) is 4.80. The van der Waals surface area contributed by atoms with E-state index in [9.17, 15) is 0 Å². The van der Waals surface area contributed by atoms with Gasteiger partial charge in [0.05, 0.1) is 0 Å². The molecule has 0 aliphatic carbocycles. The van der Waals surface area contributed by atoms with Crippen LogP contribution in [-0.4, -0.2) is 24.5 Å². The van der Waals surface area contributed by atoms with E-state index in [4.69, 9.17) is 4.74 Å². The molecular weight excluding hydrogens is 246 g/mol. The lowest BCUT2D eigenvalue weighted by atomic mass is 9.87. The maximum atomic E-state index is 6.04. The van der Waals surface area contributed by atoms with Crippen LogP contribution in [0.15, 0.2) is 60.7 Å². The topological polar surface area (TPSA) is 12.5 Å². The van der Waals surface area contributed by atoms with Crippen molar-refractivity contribution in [2.75, 3.05) is 19.6 Å². The molecule has 0 saturated carbocycles. The van der Waals surface area contributed by atoms with Crippen molar-refractivity contribution >= 4 is 0 Å². The Kier molecular flexibility index (Phi) is 2.82. The molecule has 0 radical (unpaired) electrons. The summed E-state index contributed by atoms with van der Waals surface area (Å²) < 4.78 is 6.04. The van der Waals surface area contributed by atoms with Crippen molar-refractivity contribution in [3.05, 3.63) is 71.8 Å². The Morgan fingerprint density at radius 1 is 0.850 bits per heavy atom. The molecule has 2 heteroatoms. The average Bonchev–Trinajstić information content (AvgIpc) is 3.00. The summed E-state index contributed by atoms with van der Waals surface area (Å²) in [6, 6.07) is 16.8. The van der Waals surface area contributed by atoms with Crippen LogP contribution in [0, 0.1) is 0 Å². The lowest BCUT2D eigenvalue weighted by molar-refractivity contribution is 0.327. The van der Waals surface area contributed by atoms with Crippen LogP contribution in [0.2, 0.25) is 0 Å². The normalized spacial score (nSPS) is 17.6. The highest BCUT2D eigenvalue weighted by Gasteiger charge is 2.28. The van der Waals surface area contributed by atoms with Gasteiger partial charge < -0.3 is 4.74 Å². The lowest BCUT2D eigenvalue weighted by Crippen LogP contribution is -2.28. The van der Waals surface area contributed by atoms with Gasteiger partial charge in [0.2, 0.25) is 0 Å². The van der Waals surface area contributed by atoms with Gasteiger partial charge in [0.1, 0.15) is 11.5 Å². The van der Waals surface area contributed by atoms with E-state index in [2.05, 4.69) is 53.5 Å². The van der Waals surface area contributed by atoms with E-state index in [1.54, 1.807) is 0 Å². The van der Waals surface area contributed by atoms with Gasteiger partial charge in [0, 0.05) is 36.7 Å². The van der Waals surface area contributed by atoms with Gasteiger partial charge in [-0.25, -0.2) is 0 Å². The summed E-state index contributed by atoms with van der Waals surface area (Å²) in [6.07, 6.45) is 4.49. The zero-order valence-electron chi connectivity index (χ0n) is 11.3. The Labute approximate surface area is 119 Å². The molecule has 0 N–H and O–H groups in total. The second-order valence-corrected chi connectivity index (χ2v) is 5.42. The number of fused-ring (bicyclic) bond motifs is 2. The average molecular weight is 263 g/mol. The van der Waals surface area contributed by atoms with Crippen molar-refractivity contribution in [1.82, 2.24) is 4.90 Å². The molecule has 100 valence electrons. The fraction of sp³-hybridized carbons (Fsp3) is 0.222. The molecular formula is C18H17NO. The monoisotopic (exact) mass is 263 g/mol. The zero-order valence-corrected chi connectivity index (χ0v) is 11.3. The Balaban J connectivity index is 1.75. The number of benzene rings is 2. The van der Waals surface area contributed by atoms with E-state index in [-0.39, 0.29) is 0 Å². The van der Waals surface area contributed by atoms with E-state index < -0.39 is 0 Å². The highest BCUT2D eigenvalue weighted by atomic mass is 16.5. The van der Waals surface area contributed by atoms with Crippen LogP contribution >= 0.6 is 0 Å². The molecule has 0 spiro atoms. The first kappa shape index (κ1) is 11.7. The van der Waals surface area contributed by atoms with Gasteiger partial charge in [-0.05, 0) is 12.1 Å². The first-order chi connectivity index (χ1) is 9.92. The predicted octanol–water partition coefficient (Wildman–Crippen LogP) is 3.80. The number of rotatable bonds is 2. The van der Waals surface area contributed by atoms with E-state index in [0.717, 1.165) is 31.1 Å². The minimum Gasteiger partial charge on any atom is -0.457 e. The third-order valence-electron chi connectivity index (χ3n) is 4.14. The van der Waals surface area contributed by atoms with Gasteiger partial charge in [-0.15, -0.1) is 0 Å². The van der Waals surface area contributed by atoms with Crippen LogP contribution in [0.25, 0.3) is 0 Å². The Hall–Kier alpha value is -2.06. The first-order valence-electron chi connectivity index (χ1n) is 7.15. The molecule has 0 unspecified atom stereocenters. The maximum Gasteiger partial charge on any atom is 0.131 e. The highest BCUT2D eigenvalue weighted by Crippen LogP contribution is 2.44. The first-order valence-corrected chi connectivity index (χ1v) is 7.15. The molecule has 0 bridgehead atoms. The van der Waals surface area contributed by atoms with Crippen molar-refractivity contribution in [3.63, 3.8) is 0 Å². The van der Waals surface area contributed by atoms with Crippen molar-refractivity contribution in [3.8, 4) is 11.5 Å². The van der Waals surface area contributed by atoms with Crippen LogP contribution in [0.1, 0.15) is 17.0 Å². The number of nitrogens with zero attached hydrogens (tertiary/aromatic N) is 1. The Morgan fingerprint density at radius 2 is 1.40 bits per heavy atom. The summed E-state index contributed by atoms with van der Waals surface area (Å²) in [4.78, 5) is 2.48. The summed E-state index contributed by atoms with van der Waals surface area (Å²) >= 11 is 0. The fourth-order valence-electron chi connectivity index (χ4n) is 3.13. The third-order valence-corrected chi connectivity index (χ3v) is 4.14. The summed E-state index contributed by atoms with van der Waals surface area (Å²) in [7, 11) is 0. The molecule has 2 aromatic rings. The largest absolute Gasteiger partial charge is 0.457 e. The van der Waals surface area contributed by atoms with E-state index >= 15 is 0 Å². The molecule has 0 saturated heterocycles. The molecule has 2 aliphatic heterocycles. The van der Waals surface area contributed by atoms with Gasteiger partial charge in [0.15, 0.2) is 0 Å². The fourth-order valence-corrected chi connectivity index (χ4v) is 3.13. The SMILES string of the molecule is C1=CCN(CC2c3ccccc3Oc3ccccc32)C1. The number of hydrogen-bond acceptors (Lipinski definition) is 2. The molecule has 2 aliphatic rings. The molecule has 0 amide bonds. The smallest absolute Gasteiger partial charge is 0.131 e. The van der Waals surface area contributed by atoms with Gasteiger partial charge in [-0.2, -0.15) is 0 Å². The molecule has 2 aromatic carbocycles. The van der Waals surface area contributed by atoms with E-state index in [1.165, 1.54) is 11.1 Å². The highest BCUT2D eigenvalue weighted by molar-refractivity contribution is 5.53.